The summed E-state index contributed by atoms with van der Waals surface area (Å²) in [6.07, 6.45) is 4.10. The summed E-state index contributed by atoms with van der Waals surface area (Å²) in [4.78, 5) is 20.7. The molecule has 1 N–H and O–H groups in total. The number of hydrogen-bond donors (Lipinski definition) is 1. The summed E-state index contributed by atoms with van der Waals surface area (Å²) in [7, 11) is 0. The number of allylic oxidation sites excluding steroid dienone is 1. The van der Waals surface area contributed by atoms with Gasteiger partial charge in [0.15, 0.2) is 0 Å². The molecule has 0 spiro atoms. The molecule has 0 aliphatic heterocycles. The van der Waals surface area contributed by atoms with E-state index >= 15 is 0 Å². The standard InChI is InChI=1S/C28H26F3N3O/c1-18(20-7-9-24(15-20)34-26(35)21-5-3-13-32-16-21)19-4-2-6-22(14-19)27(11-12-27)25-10-8-23(17-33-25)28(29,30)31/h2-6,8,10,13-14,16-17,24H,7,9,11-12,15H2,1H3,(H,34,35). The molecule has 0 radical (unpaired) electrons. The molecule has 0 bridgehead atoms. The summed E-state index contributed by atoms with van der Waals surface area (Å²) in [5.74, 6) is -0.108. The first kappa shape index (κ1) is 23.3. The molecule has 0 saturated heterocycles. The van der Waals surface area contributed by atoms with E-state index in [1.165, 1.54) is 17.2 Å². The topological polar surface area (TPSA) is 54.9 Å². The number of nitrogens with zero attached hydrogens (tertiary/aromatic N) is 2. The molecule has 3 aromatic rings. The molecule has 4 nitrogen and oxygen atoms in total. The number of hydrogen-bond acceptors (Lipinski definition) is 3. The molecule has 1 amide bonds. The number of alkyl halides is 3. The highest BCUT2D eigenvalue weighted by molar-refractivity contribution is 5.94. The molecular weight excluding hydrogens is 451 g/mol. The molecule has 2 aliphatic rings. The van der Waals surface area contributed by atoms with Gasteiger partial charge in [0.2, 0.25) is 0 Å². The first-order valence-electron chi connectivity index (χ1n) is 11.8. The highest BCUT2D eigenvalue weighted by atomic mass is 19.4. The summed E-state index contributed by atoms with van der Waals surface area (Å²) < 4.78 is 38.9. The van der Waals surface area contributed by atoms with Crippen molar-refractivity contribution in [3.63, 3.8) is 0 Å². The summed E-state index contributed by atoms with van der Waals surface area (Å²) in [5.41, 5.74) is 4.90. The molecule has 5 rings (SSSR count). The van der Waals surface area contributed by atoms with Gasteiger partial charge in [-0.15, -0.1) is 0 Å². The van der Waals surface area contributed by atoms with Crippen LogP contribution >= 0.6 is 0 Å². The van der Waals surface area contributed by atoms with Crippen molar-refractivity contribution in [3.05, 3.63) is 101 Å². The molecule has 1 aromatic carbocycles. The smallest absolute Gasteiger partial charge is 0.349 e. The zero-order valence-corrected chi connectivity index (χ0v) is 19.4. The Bertz CT molecular complexity index is 1260. The zero-order valence-electron chi connectivity index (χ0n) is 19.4. The second-order valence-corrected chi connectivity index (χ2v) is 9.48. The molecule has 2 aromatic heterocycles. The zero-order chi connectivity index (χ0) is 24.6. The Kier molecular flexibility index (Phi) is 5.95. The molecule has 1 atom stereocenters. The van der Waals surface area contributed by atoms with Crippen LogP contribution in [0, 0.1) is 0 Å². The number of aromatic nitrogens is 2. The van der Waals surface area contributed by atoms with Gasteiger partial charge in [-0.3, -0.25) is 14.8 Å². The minimum atomic E-state index is -4.39. The summed E-state index contributed by atoms with van der Waals surface area (Å²) in [6.45, 7) is 2.11. The molecule has 180 valence electrons. The molecule has 7 heteroatoms. The maximum atomic E-state index is 13.0. The molecule has 35 heavy (non-hydrogen) atoms. The Balaban J connectivity index is 1.33. The van der Waals surface area contributed by atoms with E-state index in [1.807, 2.05) is 12.1 Å². The highest BCUT2D eigenvalue weighted by Gasteiger charge is 2.47. The van der Waals surface area contributed by atoms with Crippen LogP contribution in [0.4, 0.5) is 13.2 Å². The van der Waals surface area contributed by atoms with E-state index in [4.69, 9.17) is 0 Å². The SMILES string of the molecule is CC(=C1CCC(NC(=O)c2cccnc2)C1)c1cccc(C2(c3ccc(C(F)(F)F)cn3)CC2)c1. The lowest BCUT2D eigenvalue weighted by atomic mass is 9.88. The largest absolute Gasteiger partial charge is 0.417 e. The first-order chi connectivity index (χ1) is 16.8. The van der Waals surface area contributed by atoms with Crippen molar-refractivity contribution in [2.75, 3.05) is 0 Å². The van der Waals surface area contributed by atoms with Crippen molar-refractivity contribution in [3.8, 4) is 0 Å². The van der Waals surface area contributed by atoms with Crippen LogP contribution in [0.15, 0.2) is 72.7 Å². The Morgan fingerprint density at radius 1 is 1.06 bits per heavy atom. The van der Waals surface area contributed by atoms with E-state index < -0.39 is 11.7 Å². The summed E-state index contributed by atoms with van der Waals surface area (Å²) in [6, 6.07) is 14.5. The number of nitrogens with one attached hydrogen (secondary N) is 1. The van der Waals surface area contributed by atoms with Crippen molar-refractivity contribution in [2.24, 2.45) is 0 Å². The predicted octanol–water partition coefficient (Wildman–Crippen LogP) is 6.33. The predicted molar refractivity (Wildman–Crippen MR) is 128 cm³/mol. The van der Waals surface area contributed by atoms with Crippen molar-refractivity contribution >= 4 is 11.5 Å². The minimum Gasteiger partial charge on any atom is -0.349 e. The van der Waals surface area contributed by atoms with Crippen molar-refractivity contribution in [1.82, 2.24) is 15.3 Å². The van der Waals surface area contributed by atoms with Crippen LogP contribution in [0.3, 0.4) is 0 Å². The van der Waals surface area contributed by atoms with Crippen molar-refractivity contribution in [2.45, 2.75) is 56.7 Å². The number of rotatable bonds is 5. The Morgan fingerprint density at radius 3 is 2.51 bits per heavy atom. The van der Waals surface area contributed by atoms with E-state index in [9.17, 15) is 18.0 Å². The second kappa shape index (κ2) is 8.95. The van der Waals surface area contributed by atoms with Gasteiger partial charge in [-0.25, -0.2) is 0 Å². The maximum Gasteiger partial charge on any atom is 0.417 e. The third-order valence-corrected chi connectivity index (χ3v) is 7.26. The van der Waals surface area contributed by atoms with Crippen molar-refractivity contribution < 1.29 is 18.0 Å². The molecule has 2 heterocycles. The lowest BCUT2D eigenvalue weighted by molar-refractivity contribution is -0.137. The maximum absolute atomic E-state index is 13.0. The Hall–Kier alpha value is -3.48. The summed E-state index contributed by atoms with van der Waals surface area (Å²) >= 11 is 0. The average molecular weight is 478 g/mol. The van der Waals surface area contributed by atoms with Gasteiger partial charge in [-0.2, -0.15) is 13.2 Å². The third kappa shape index (κ3) is 4.72. The normalized spacial score (nSPS) is 20.4. The minimum absolute atomic E-state index is 0.0851. The van der Waals surface area contributed by atoms with Crippen LogP contribution in [0.5, 0.6) is 0 Å². The van der Waals surface area contributed by atoms with Crippen molar-refractivity contribution in [1.29, 1.82) is 0 Å². The van der Waals surface area contributed by atoms with E-state index in [0.29, 0.717) is 11.3 Å². The van der Waals surface area contributed by atoms with E-state index in [2.05, 4.69) is 34.3 Å². The van der Waals surface area contributed by atoms with Gasteiger partial charge >= 0.3 is 6.18 Å². The first-order valence-corrected chi connectivity index (χ1v) is 11.8. The molecular formula is C28H26F3N3O. The summed E-state index contributed by atoms with van der Waals surface area (Å²) in [5, 5.41) is 3.11. The lowest BCUT2D eigenvalue weighted by Gasteiger charge is -2.18. The number of benzene rings is 1. The van der Waals surface area contributed by atoms with Gasteiger partial charge in [0.05, 0.1) is 16.8 Å². The van der Waals surface area contributed by atoms with Crippen LogP contribution in [-0.2, 0) is 11.6 Å². The number of carbonyl (C=O) groups excluding carboxylic acids is 1. The molecule has 1 unspecified atom stereocenters. The van der Waals surface area contributed by atoms with E-state index in [1.54, 1.807) is 24.5 Å². The quantitative estimate of drug-likeness (QED) is 0.467. The second-order valence-electron chi connectivity index (χ2n) is 9.48. The van der Waals surface area contributed by atoms with Crippen LogP contribution in [-0.4, -0.2) is 21.9 Å². The fourth-order valence-electron chi connectivity index (χ4n) is 5.00. The van der Waals surface area contributed by atoms with E-state index in [-0.39, 0.29) is 17.4 Å². The fourth-order valence-corrected chi connectivity index (χ4v) is 5.00. The number of carbonyl (C=O) groups is 1. The van der Waals surface area contributed by atoms with Crippen LogP contribution < -0.4 is 5.32 Å². The number of pyridine rings is 2. The average Bonchev–Trinajstić information content (AvgIpc) is 3.56. The fraction of sp³-hybridized carbons (Fsp3) is 0.321. The van der Waals surface area contributed by atoms with Gasteiger partial charge in [0.1, 0.15) is 0 Å². The highest BCUT2D eigenvalue weighted by Crippen LogP contribution is 2.53. The monoisotopic (exact) mass is 477 g/mol. The molecule has 2 saturated carbocycles. The van der Waals surface area contributed by atoms with Crippen LogP contribution in [0.1, 0.15) is 71.8 Å². The van der Waals surface area contributed by atoms with Gasteiger partial charge < -0.3 is 5.32 Å². The Morgan fingerprint density at radius 2 is 1.86 bits per heavy atom. The van der Waals surface area contributed by atoms with Crippen LogP contribution in [0.25, 0.3) is 5.57 Å². The molecule has 2 aliphatic carbocycles. The number of amides is 1. The third-order valence-electron chi connectivity index (χ3n) is 7.26. The van der Waals surface area contributed by atoms with Gasteiger partial charge in [-0.1, -0.05) is 29.8 Å². The Labute approximate surface area is 202 Å². The van der Waals surface area contributed by atoms with Crippen LogP contribution in [0.2, 0.25) is 0 Å². The van der Waals surface area contributed by atoms with Gasteiger partial charge in [0, 0.05) is 30.0 Å². The number of halogens is 3. The van der Waals surface area contributed by atoms with E-state index in [0.717, 1.165) is 55.5 Å². The molecule has 2 fully saturated rings. The van der Waals surface area contributed by atoms with Gasteiger partial charge in [0.25, 0.3) is 5.91 Å². The lowest BCUT2D eigenvalue weighted by Crippen LogP contribution is -2.32. The van der Waals surface area contributed by atoms with Gasteiger partial charge in [-0.05, 0) is 80.0 Å².